The zero-order valence-corrected chi connectivity index (χ0v) is 14.5. The highest BCUT2D eigenvalue weighted by atomic mass is 19.2. The maximum Gasteiger partial charge on any atom is 0.409 e. The largest absolute Gasteiger partial charge is 0.450 e. The minimum atomic E-state index is -0.938. The van der Waals surface area contributed by atoms with E-state index in [2.05, 4.69) is 0 Å². The number of hydrogen-bond acceptors (Lipinski definition) is 4. The fourth-order valence-electron chi connectivity index (χ4n) is 2.68. The Hall–Kier alpha value is -2.38. The monoisotopic (exact) mass is 355 g/mol. The van der Waals surface area contributed by atoms with E-state index in [1.807, 2.05) is 6.92 Å². The topological polar surface area (TPSA) is 53.1 Å². The standard InChI is InChI=1S/C17H23F2N3O3/c1-3-20(13-5-6-14(18)15(19)11-13)12-16(23)21-7-9-22(10-8-21)17(24)25-4-2/h5-6,11H,3-4,7-10,12H2,1-2H3. The number of likely N-dealkylation sites (N-methyl/N-ethyl adjacent to an activating group) is 1. The van der Waals surface area contributed by atoms with Crippen LogP contribution in [0, 0.1) is 11.6 Å². The van der Waals surface area contributed by atoms with Crippen molar-refractivity contribution in [1.29, 1.82) is 0 Å². The van der Waals surface area contributed by atoms with E-state index in [9.17, 15) is 18.4 Å². The second kappa shape index (κ2) is 8.64. The number of carbonyl (C=O) groups is 2. The summed E-state index contributed by atoms with van der Waals surface area (Å²) in [5, 5.41) is 0. The van der Waals surface area contributed by atoms with Gasteiger partial charge in [0.15, 0.2) is 11.6 Å². The molecular weight excluding hydrogens is 332 g/mol. The van der Waals surface area contributed by atoms with Gasteiger partial charge < -0.3 is 19.4 Å². The normalized spacial score (nSPS) is 14.4. The van der Waals surface area contributed by atoms with Crippen molar-refractivity contribution < 1.29 is 23.1 Å². The van der Waals surface area contributed by atoms with Crippen molar-refractivity contribution >= 4 is 17.7 Å². The predicted octanol–water partition coefficient (Wildman–Crippen LogP) is 2.09. The van der Waals surface area contributed by atoms with Crippen LogP contribution < -0.4 is 4.90 Å². The van der Waals surface area contributed by atoms with Gasteiger partial charge in [0.2, 0.25) is 5.91 Å². The molecule has 6 nitrogen and oxygen atoms in total. The SMILES string of the molecule is CCOC(=O)N1CCN(C(=O)CN(CC)c2ccc(F)c(F)c2)CC1. The molecule has 1 fully saturated rings. The maximum atomic E-state index is 13.4. The first-order chi connectivity index (χ1) is 12.0. The molecule has 0 aromatic heterocycles. The van der Waals surface area contributed by atoms with Gasteiger partial charge in [0.1, 0.15) is 0 Å². The summed E-state index contributed by atoms with van der Waals surface area (Å²) in [6.07, 6.45) is -0.369. The molecule has 0 bridgehead atoms. The third kappa shape index (κ3) is 4.80. The molecule has 1 aliphatic rings. The molecule has 1 saturated heterocycles. The van der Waals surface area contributed by atoms with Gasteiger partial charge in [-0.25, -0.2) is 13.6 Å². The first-order valence-electron chi connectivity index (χ1n) is 8.35. The number of carbonyl (C=O) groups excluding carboxylic acids is 2. The first-order valence-corrected chi connectivity index (χ1v) is 8.35. The highest BCUT2D eigenvalue weighted by Gasteiger charge is 2.25. The van der Waals surface area contributed by atoms with Crippen molar-refractivity contribution in [3.05, 3.63) is 29.8 Å². The average molecular weight is 355 g/mol. The van der Waals surface area contributed by atoms with Gasteiger partial charge in [-0.3, -0.25) is 4.79 Å². The summed E-state index contributed by atoms with van der Waals surface area (Å²) < 4.78 is 31.4. The van der Waals surface area contributed by atoms with Crippen molar-refractivity contribution in [3.8, 4) is 0 Å². The van der Waals surface area contributed by atoms with Gasteiger partial charge in [-0.15, -0.1) is 0 Å². The van der Waals surface area contributed by atoms with E-state index in [4.69, 9.17) is 4.74 Å². The number of benzene rings is 1. The summed E-state index contributed by atoms with van der Waals surface area (Å²) in [7, 11) is 0. The minimum absolute atomic E-state index is 0.0704. The van der Waals surface area contributed by atoms with E-state index in [1.165, 1.54) is 6.07 Å². The van der Waals surface area contributed by atoms with Crippen LogP contribution in [-0.2, 0) is 9.53 Å². The Labute approximate surface area is 145 Å². The average Bonchev–Trinajstić information content (AvgIpc) is 2.62. The van der Waals surface area contributed by atoms with Crippen LogP contribution in [0.4, 0.5) is 19.3 Å². The van der Waals surface area contributed by atoms with Crippen molar-refractivity contribution in [3.63, 3.8) is 0 Å². The molecule has 1 aromatic carbocycles. The number of anilines is 1. The maximum absolute atomic E-state index is 13.4. The molecule has 0 radical (unpaired) electrons. The molecule has 1 aliphatic heterocycles. The molecule has 0 unspecified atom stereocenters. The zero-order chi connectivity index (χ0) is 18.4. The third-order valence-corrected chi connectivity index (χ3v) is 4.13. The Balaban J connectivity index is 1.92. The highest BCUT2D eigenvalue weighted by molar-refractivity contribution is 5.82. The molecule has 0 aliphatic carbocycles. The van der Waals surface area contributed by atoms with Crippen molar-refractivity contribution in [2.24, 2.45) is 0 Å². The van der Waals surface area contributed by atoms with Gasteiger partial charge in [0.25, 0.3) is 0 Å². The fourth-order valence-corrected chi connectivity index (χ4v) is 2.68. The second-order valence-electron chi connectivity index (χ2n) is 5.68. The van der Waals surface area contributed by atoms with Gasteiger partial charge in [-0.2, -0.15) is 0 Å². The summed E-state index contributed by atoms with van der Waals surface area (Å²) in [4.78, 5) is 29.1. The Morgan fingerprint density at radius 1 is 1.08 bits per heavy atom. The molecule has 0 N–H and O–H groups in total. The molecule has 1 heterocycles. The summed E-state index contributed by atoms with van der Waals surface area (Å²) in [6.45, 7) is 6.14. The Bertz CT molecular complexity index is 619. The number of ether oxygens (including phenoxy) is 1. The summed E-state index contributed by atoms with van der Waals surface area (Å²) in [6, 6.07) is 3.59. The Kier molecular flexibility index (Phi) is 6.55. The lowest BCUT2D eigenvalue weighted by Crippen LogP contribution is -2.52. The third-order valence-electron chi connectivity index (χ3n) is 4.13. The number of halogens is 2. The van der Waals surface area contributed by atoms with Gasteiger partial charge in [0.05, 0.1) is 13.2 Å². The van der Waals surface area contributed by atoms with E-state index in [0.717, 1.165) is 12.1 Å². The van der Waals surface area contributed by atoms with E-state index >= 15 is 0 Å². The summed E-state index contributed by atoms with van der Waals surface area (Å²) in [5.41, 5.74) is 0.458. The lowest BCUT2D eigenvalue weighted by atomic mass is 10.2. The van der Waals surface area contributed by atoms with Crippen molar-refractivity contribution in [1.82, 2.24) is 9.80 Å². The van der Waals surface area contributed by atoms with Crippen LogP contribution in [0.1, 0.15) is 13.8 Å². The van der Waals surface area contributed by atoms with E-state index in [-0.39, 0.29) is 18.5 Å². The van der Waals surface area contributed by atoms with Gasteiger partial charge >= 0.3 is 6.09 Å². The molecule has 8 heteroatoms. The molecule has 0 atom stereocenters. The highest BCUT2D eigenvalue weighted by Crippen LogP contribution is 2.18. The fraction of sp³-hybridized carbons (Fsp3) is 0.529. The smallest absolute Gasteiger partial charge is 0.409 e. The van der Waals surface area contributed by atoms with Crippen LogP contribution in [0.3, 0.4) is 0 Å². The van der Waals surface area contributed by atoms with Crippen LogP contribution in [0.25, 0.3) is 0 Å². The lowest BCUT2D eigenvalue weighted by Gasteiger charge is -2.35. The quantitative estimate of drug-likeness (QED) is 0.812. The van der Waals surface area contributed by atoms with Crippen LogP contribution in [-0.4, -0.2) is 67.7 Å². The second-order valence-corrected chi connectivity index (χ2v) is 5.68. The van der Waals surface area contributed by atoms with Crippen LogP contribution in [0.5, 0.6) is 0 Å². The molecule has 1 aromatic rings. The first kappa shape index (κ1) is 19.0. The Morgan fingerprint density at radius 2 is 1.72 bits per heavy atom. The molecule has 138 valence electrons. The molecule has 0 saturated carbocycles. The number of hydrogen-bond donors (Lipinski definition) is 0. The predicted molar refractivity (Wildman–Crippen MR) is 89.4 cm³/mol. The van der Waals surface area contributed by atoms with Gasteiger partial charge in [-0.1, -0.05) is 0 Å². The molecule has 2 amide bonds. The van der Waals surface area contributed by atoms with Crippen molar-refractivity contribution in [2.75, 3.05) is 50.8 Å². The number of rotatable bonds is 5. The van der Waals surface area contributed by atoms with Gasteiger partial charge in [-0.05, 0) is 26.0 Å². The Morgan fingerprint density at radius 3 is 2.28 bits per heavy atom. The summed E-state index contributed by atoms with van der Waals surface area (Å²) in [5.74, 6) is -1.97. The molecule has 25 heavy (non-hydrogen) atoms. The van der Waals surface area contributed by atoms with E-state index in [1.54, 1.807) is 21.6 Å². The zero-order valence-electron chi connectivity index (χ0n) is 14.5. The number of amides is 2. The minimum Gasteiger partial charge on any atom is -0.450 e. The summed E-state index contributed by atoms with van der Waals surface area (Å²) >= 11 is 0. The molecular formula is C17H23F2N3O3. The number of piperazine rings is 1. The van der Waals surface area contributed by atoms with Crippen molar-refractivity contribution in [2.45, 2.75) is 13.8 Å². The van der Waals surface area contributed by atoms with E-state index in [0.29, 0.717) is 45.0 Å². The van der Waals surface area contributed by atoms with E-state index < -0.39 is 11.6 Å². The molecule has 2 rings (SSSR count). The van der Waals surface area contributed by atoms with Crippen LogP contribution in [0.15, 0.2) is 18.2 Å². The van der Waals surface area contributed by atoms with Gasteiger partial charge in [0, 0.05) is 44.5 Å². The lowest BCUT2D eigenvalue weighted by molar-refractivity contribution is -0.131. The number of nitrogens with zero attached hydrogens (tertiary/aromatic N) is 3. The van der Waals surface area contributed by atoms with Crippen LogP contribution >= 0.6 is 0 Å². The molecule has 0 spiro atoms. The van der Waals surface area contributed by atoms with Crippen LogP contribution in [0.2, 0.25) is 0 Å².